The minimum atomic E-state index is 0. The van der Waals surface area contributed by atoms with Crippen LogP contribution < -0.4 is 5.32 Å². The van der Waals surface area contributed by atoms with Gasteiger partial charge in [-0.25, -0.2) is 0 Å². The predicted molar refractivity (Wildman–Crippen MR) is 77.0 cm³/mol. The van der Waals surface area contributed by atoms with E-state index in [-0.39, 0.29) is 12.4 Å². The summed E-state index contributed by atoms with van der Waals surface area (Å²) in [6.45, 7) is 2.08. The molecule has 2 aromatic heterocycles. The highest BCUT2D eigenvalue weighted by Crippen LogP contribution is 2.12. The quantitative estimate of drug-likeness (QED) is 0.918. The molecule has 0 bridgehead atoms. The van der Waals surface area contributed by atoms with Crippen LogP contribution in [-0.4, -0.2) is 23.2 Å². The van der Waals surface area contributed by atoms with Crippen LogP contribution in [0.3, 0.4) is 0 Å². The summed E-state index contributed by atoms with van der Waals surface area (Å²) in [5, 5.41) is 9.10. The number of nitrogens with zero attached hydrogens (tertiary/aromatic N) is 2. The average molecular weight is 286 g/mol. The van der Waals surface area contributed by atoms with Gasteiger partial charge >= 0.3 is 0 Å². The monoisotopic (exact) mass is 285 g/mol. The Morgan fingerprint density at radius 2 is 2.33 bits per heavy atom. The van der Waals surface area contributed by atoms with Crippen molar-refractivity contribution < 1.29 is 4.52 Å². The lowest BCUT2D eigenvalue weighted by molar-refractivity contribution is 0.400. The molecule has 4 nitrogen and oxygen atoms in total. The molecule has 0 aliphatic carbocycles. The number of thiophene rings is 1. The minimum Gasteiger partial charge on any atom is -0.335 e. The third kappa shape index (κ3) is 4.25. The molecule has 0 fully saturated rings. The molecule has 1 atom stereocenters. The first-order valence-electron chi connectivity index (χ1n) is 5.49. The smallest absolute Gasteiger partial charge is 0.250 e. The van der Waals surface area contributed by atoms with E-state index in [1.54, 1.807) is 11.3 Å². The molecule has 2 aromatic rings. The second kappa shape index (κ2) is 7.31. The summed E-state index contributed by atoms with van der Waals surface area (Å²) < 4.78 is 5.14. The van der Waals surface area contributed by atoms with Crippen LogP contribution in [0.25, 0.3) is 12.2 Å². The van der Waals surface area contributed by atoms with E-state index in [1.807, 2.05) is 36.7 Å². The van der Waals surface area contributed by atoms with Crippen LogP contribution in [0.4, 0.5) is 0 Å². The van der Waals surface area contributed by atoms with Gasteiger partial charge in [-0.1, -0.05) is 11.2 Å². The number of rotatable bonds is 5. The maximum Gasteiger partial charge on any atom is 0.250 e. The Hall–Kier alpha value is -1.17. The van der Waals surface area contributed by atoms with Gasteiger partial charge in [0.1, 0.15) is 0 Å². The van der Waals surface area contributed by atoms with Crippen molar-refractivity contribution in [1.82, 2.24) is 15.5 Å². The lowest BCUT2D eigenvalue weighted by Crippen LogP contribution is -2.24. The number of hydrogen-bond acceptors (Lipinski definition) is 5. The Kier molecular flexibility index (Phi) is 6.04. The minimum absolute atomic E-state index is 0. The van der Waals surface area contributed by atoms with Gasteiger partial charge in [0, 0.05) is 23.4 Å². The van der Waals surface area contributed by atoms with Crippen LogP contribution in [0.5, 0.6) is 0 Å². The Morgan fingerprint density at radius 3 is 3.00 bits per heavy atom. The molecule has 0 aromatic carbocycles. The molecule has 0 aliphatic heterocycles. The second-order valence-electron chi connectivity index (χ2n) is 3.79. The summed E-state index contributed by atoms with van der Waals surface area (Å²) in [4.78, 5) is 5.47. The fraction of sp³-hybridized carbons (Fsp3) is 0.333. The largest absolute Gasteiger partial charge is 0.335 e. The van der Waals surface area contributed by atoms with Crippen LogP contribution in [0, 0.1) is 0 Å². The molecule has 0 spiro atoms. The van der Waals surface area contributed by atoms with Crippen molar-refractivity contribution in [2.24, 2.45) is 0 Å². The SMILES string of the molecule is CNC(C)Cc1noc(/C=C/c2cccs2)n1.Cl. The van der Waals surface area contributed by atoms with Crippen molar-refractivity contribution >= 4 is 35.9 Å². The molecule has 2 rings (SSSR count). The van der Waals surface area contributed by atoms with Gasteiger partial charge in [0.2, 0.25) is 0 Å². The first kappa shape index (κ1) is 14.9. The molecule has 0 saturated heterocycles. The average Bonchev–Trinajstić information content (AvgIpc) is 2.97. The molecule has 0 saturated carbocycles. The normalized spacial score (nSPS) is 12.6. The number of nitrogens with one attached hydrogen (secondary N) is 1. The highest BCUT2D eigenvalue weighted by molar-refractivity contribution is 7.10. The van der Waals surface area contributed by atoms with Crippen molar-refractivity contribution in [3.63, 3.8) is 0 Å². The summed E-state index contributed by atoms with van der Waals surface area (Å²) in [5.41, 5.74) is 0. The summed E-state index contributed by atoms with van der Waals surface area (Å²) in [6.07, 6.45) is 4.59. The van der Waals surface area contributed by atoms with Crippen LogP contribution in [0.2, 0.25) is 0 Å². The molecular formula is C12H16ClN3OS. The van der Waals surface area contributed by atoms with Gasteiger partial charge in [0.05, 0.1) is 0 Å². The summed E-state index contributed by atoms with van der Waals surface area (Å²) in [6, 6.07) is 4.40. The highest BCUT2D eigenvalue weighted by atomic mass is 35.5. The lowest BCUT2D eigenvalue weighted by Gasteiger charge is -2.04. The molecule has 6 heteroatoms. The Morgan fingerprint density at radius 1 is 1.50 bits per heavy atom. The van der Waals surface area contributed by atoms with E-state index in [2.05, 4.69) is 22.4 Å². The number of likely N-dealkylation sites (N-methyl/N-ethyl adjacent to an activating group) is 1. The van der Waals surface area contributed by atoms with Crippen molar-refractivity contribution in [2.45, 2.75) is 19.4 Å². The van der Waals surface area contributed by atoms with Crippen molar-refractivity contribution in [2.75, 3.05) is 7.05 Å². The lowest BCUT2D eigenvalue weighted by atomic mass is 10.2. The van der Waals surface area contributed by atoms with Crippen molar-refractivity contribution in [3.8, 4) is 0 Å². The van der Waals surface area contributed by atoms with E-state index in [9.17, 15) is 0 Å². The first-order chi connectivity index (χ1) is 8.28. The predicted octanol–water partition coefficient (Wildman–Crippen LogP) is 2.87. The van der Waals surface area contributed by atoms with E-state index in [0.29, 0.717) is 11.9 Å². The van der Waals surface area contributed by atoms with Gasteiger partial charge in [-0.05, 0) is 31.5 Å². The molecule has 98 valence electrons. The van der Waals surface area contributed by atoms with Gasteiger partial charge in [-0.3, -0.25) is 0 Å². The van der Waals surface area contributed by atoms with Crippen LogP contribution in [-0.2, 0) is 6.42 Å². The van der Waals surface area contributed by atoms with E-state index in [4.69, 9.17) is 4.52 Å². The molecule has 18 heavy (non-hydrogen) atoms. The van der Waals surface area contributed by atoms with Gasteiger partial charge in [-0.2, -0.15) is 4.98 Å². The maximum atomic E-state index is 5.14. The zero-order valence-electron chi connectivity index (χ0n) is 10.3. The number of hydrogen-bond donors (Lipinski definition) is 1. The molecule has 1 unspecified atom stereocenters. The molecule has 0 radical (unpaired) electrons. The third-order valence-corrected chi connectivity index (χ3v) is 3.24. The zero-order valence-corrected chi connectivity index (χ0v) is 11.9. The molecular weight excluding hydrogens is 270 g/mol. The fourth-order valence-corrected chi connectivity index (χ4v) is 1.95. The van der Waals surface area contributed by atoms with Gasteiger partial charge in [0.15, 0.2) is 5.82 Å². The van der Waals surface area contributed by atoms with Gasteiger partial charge in [-0.15, -0.1) is 23.7 Å². The second-order valence-corrected chi connectivity index (χ2v) is 4.77. The Bertz CT molecular complexity index is 481. The zero-order chi connectivity index (χ0) is 12.1. The third-order valence-electron chi connectivity index (χ3n) is 2.40. The van der Waals surface area contributed by atoms with E-state index in [0.717, 1.165) is 12.2 Å². The fourth-order valence-electron chi connectivity index (χ4n) is 1.33. The molecule has 2 heterocycles. The van der Waals surface area contributed by atoms with Crippen LogP contribution >= 0.6 is 23.7 Å². The number of aromatic nitrogens is 2. The van der Waals surface area contributed by atoms with Crippen molar-refractivity contribution in [1.29, 1.82) is 0 Å². The van der Waals surface area contributed by atoms with E-state index in [1.165, 1.54) is 4.88 Å². The first-order valence-corrected chi connectivity index (χ1v) is 6.37. The van der Waals surface area contributed by atoms with E-state index < -0.39 is 0 Å². The topological polar surface area (TPSA) is 51.0 Å². The molecule has 0 aliphatic rings. The highest BCUT2D eigenvalue weighted by Gasteiger charge is 2.07. The standard InChI is InChI=1S/C12H15N3OS.ClH/c1-9(13-2)8-11-14-12(16-15-11)6-5-10-4-3-7-17-10;/h3-7,9,13H,8H2,1-2H3;1H/b6-5+;. The maximum absolute atomic E-state index is 5.14. The summed E-state index contributed by atoms with van der Waals surface area (Å²) in [7, 11) is 1.92. The Labute approximate surface area is 117 Å². The molecule has 0 amide bonds. The van der Waals surface area contributed by atoms with Crippen LogP contribution in [0.15, 0.2) is 22.0 Å². The van der Waals surface area contributed by atoms with Crippen molar-refractivity contribution in [3.05, 3.63) is 34.1 Å². The number of halogens is 1. The van der Waals surface area contributed by atoms with Gasteiger partial charge in [0.25, 0.3) is 5.89 Å². The molecule has 1 N–H and O–H groups in total. The van der Waals surface area contributed by atoms with Crippen LogP contribution in [0.1, 0.15) is 23.5 Å². The van der Waals surface area contributed by atoms with E-state index >= 15 is 0 Å². The Balaban J connectivity index is 0.00000162. The van der Waals surface area contributed by atoms with Gasteiger partial charge < -0.3 is 9.84 Å². The summed E-state index contributed by atoms with van der Waals surface area (Å²) >= 11 is 1.68. The summed E-state index contributed by atoms with van der Waals surface area (Å²) in [5.74, 6) is 1.29.